The lowest BCUT2D eigenvalue weighted by Crippen LogP contribution is -2.04. The van der Waals surface area contributed by atoms with Crippen molar-refractivity contribution in [2.45, 2.75) is 25.8 Å². The highest BCUT2D eigenvalue weighted by Gasteiger charge is 1.99. The van der Waals surface area contributed by atoms with Crippen LogP contribution in [0.2, 0.25) is 0 Å². The zero-order valence-corrected chi connectivity index (χ0v) is 9.07. The molecule has 0 aromatic heterocycles. The summed E-state index contributed by atoms with van der Waals surface area (Å²) < 4.78 is 5.51. The van der Waals surface area contributed by atoms with Gasteiger partial charge in [-0.25, -0.2) is 0 Å². The minimum Gasteiger partial charge on any atom is -0.494 e. The summed E-state index contributed by atoms with van der Waals surface area (Å²) in [6.07, 6.45) is 6.80. The van der Waals surface area contributed by atoms with Crippen molar-refractivity contribution in [3.05, 3.63) is 29.8 Å². The second kappa shape index (κ2) is 6.10. The van der Waals surface area contributed by atoms with Crippen LogP contribution in [0.1, 0.15) is 31.4 Å². The van der Waals surface area contributed by atoms with Gasteiger partial charge in [0, 0.05) is 12.5 Å². The summed E-state index contributed by atoms with van der Waals surface area (Å²) in [7, 11) is 0. The van der Waals surface area contributed by atoms with Crippen LogP contribution in [0, 0.1) is 12.3 Å². The van der Waals surface area contributed by atoms with E-state index in [0.717, 1.165) is 24.2 Å². The second-order valence-electron chi connectivity index (χ2n) is 3.51. The Labute approximate surface area is 91.4 Å². The van der Waals surface area contributed by atoms with Gasteiger partial charge in [-0.2, -0.15) is 0 Å². The molecular weight excluding hydrogens is 186 g/mol. The number of rotatable bonds is 5. The molecule has 1 aromatic rings. The molecule has 0 heterocycles. The van der Waals surface area contributed by atoms with Crippen LogP contribution >= 0.6 is 0 Å². The second-order valence-corrected chi connectivity index (χ2v) is 3.51. The average molecular weight is 203 g/mol. The molecule has 1 atom stereocenters. The SMILES string of the molecule is C#CCCCOc1ccc(C(C)N)cc1. The average Bonchev–Trinajstić information content (AvgIpc) is 2.25. The zero-order valence-electron chi connectivity index (χ0n) is 9.07. The highest BCUT2D eigenvalue weighted by molar-refractivity contribution is 5.28. The first kappa shape index (κ1) is 11.6. The summed E-state index contributed by atoms with van der Waals surface area (Å²) in [5.74, 6) is 3.45. The number of hydrogen-bond acceptors (Lipinski definition) is 2. The molecule has 80 valence electrons. The van der Waals surface area contributed by atoms with Gasteiger partial charge in [0.2, 0.25) is 0 Å². The van der Waals surface area contributed by atoms with Crippen molar-refractivity contribution in [1.82, 2.24) is 0 Å². The van der Waals surface area contributed by atoms with Crippen LogP contribution in [0.15, 0.2) is 24.3 Å². The van der Waals surface area contributed by atoms with Gasteiger partial charge >= 0.3 is 0 Å². The predicted octanol–water partition coefficient (Wildman–Crippen LogP) is 2.50. The molecule has 0 saturated carbocycles. The third-order valence-corrected chi connectivity index (χ3v) is 2.14. The molecule has 2 N–H and O–H groups in total. The summed E-state index contributed by atoms with van der Waals surface area (Å²) in [5.41, 5.74) is 6.86. The normalized spacial score (nSPS) is 11.8. The maximum atomic E-state index is 5.74. The molecule has 0 aliphatic heterocycles. The summed E-state index contributed by atoms with van der Waals surface area (Å²) in [6.45, 7) is 2.63. The van der Waals surface area contributed by atoms with Crippen molar-refractivity contribution in [2.24, 2.45) is 5.73 Å². The monoisotopic (exact) mass is 203 g/mol. The molecule has 1 unspecified atom stereocenters. The van der Waals surface area contributed by atoms with Gasteiger partial charge in [-0.05, 0) is 31.0 Å². The molecule has 0 aliphatic carbocycles. The van der Waals surface area contributed by atoms with E-state index in [4.69, 9.17) is 16.9 Å². The van der Waals surface area contributed by atoms with Crippen LogP contribution in [0.25, 0.3) is 0 Å². The van der Waals surface area contributed by atoms with Gasteiger partial charge in [0.25, 0.3) is 0 Å². The third-order valence-electron chi connectivity index (χ3n) is 2.14. The van der Waals surface area contributed by atoms with Crippen LogP contribution in [0.3, 0.4) is 0 Å². The van der Waals surface area contributed by atoms with Crippen molar-refractivity contribution in [2.75, 3.05) is 6.61 Å². The largest absolute Gasteiger partial charge is 0.494 e. The molecule has 2 heteroatoms. The van der Waals surface area contributed by atoms with Gasteiger partial charge < -0.3 is 10.5 Å². The number of ether oxygens (including phenoxy) is 1. The van der Waals surface area contributed by atoms with Crippen molar-refractivity contribution in [3.8, 4) is 18.1 Å². The number of nitrogens with two attached hydrogens (primary N) is 1. The Morgan fingerprint density at radius 2 is 2.07 bits per heavy atom. The lowest BCUT2D eigenvalue weighted by Gasteiger charge is -2.08. The van der Waals surface area contributed by atoms with Gasteiger partial charge in [0.1, 0.15) is 5.75 Å². The van der Waals surface area contributed by atoms with Gasteiger partial charge in [-0.15, -0.1) is 12.3 Å². The van der Waals surface area contributed by atoms with Crippen molar-refractivity contribution >= 4 is 0 Å². The van der Waals surface area contributed by atoms with E-state index in [1.54, 1.807) is 0 Å². The highest BCUT2D eigenvalue weighted by atomic mass is 16.5. The Kier molecular flexibility index (Phi) is 4.73. The Morgan fingerprint density at radius 3 is 2.60 bits per heavy atom. The maximum Gasteiger partial charge on any atom is 0.119 e. The first-order valence-corrected chi connectivity index (χ1v) is 5.16. The fourth-order valence-corrected chi connectivity index (χ4v) is 1.23. The first-order chi connectivity index (χ1) is 7.24. The van der Waals surface area contributed by atoms with Gasteiger partial charge in [-0.1, -0.05) is 12.1 Å². The predicted molar refractivity (Wildman–Crippen MR) is 62.6 cm³/mol. The molecule has 0 saturated heterocycles. The smallest absolute Gasteiger partial charge is 0.119 e. The minimum atomic E-state index is 0.0699. The van der Waals surface area contributed by atoms with Crippen molar-refractivity contribution < 1.29 is 4.74 Å². The molecule has 0 amide bonds. The molecule has 15 heavy (non-hydrogen) atoms. The molecule has 0 bridgehead atoms. The van der Waals surface area contributed by atoms with E-state index < -0.39 is 0 Å². The number of benzene rings is 1. The Bertz CT molecular complexity index is 321. The van der Waals surface area contributed by atoms with Crippen LogP contribution in [-0.2, 0) is 0 Å². The lowest BCUT2D eigenvalue weighted by molar-refractivity contribution is 0.313. The molecule has 1 aromatic carbocycles. The van der Waals surface area contributed by atoms with E-state index in [1.165, 1.54) is 0 Å². The van der Waals surface area contributed by atoms with E-state index in [9.17, 15) is 0 Å². The van der Waals surface area contributed by atoms with Crippen LogP contribution in [0.4, 0.5) is 0 Å². The molecule has 1 rings (SSSR count). The van der Waals surface area contributed by atoms with Crippen LogP contribution < -0.4 is 10.5 Å². The summed E-state index contributed by atoms with van der Waals surface area (Å²) in [5, 5.41) is 0. The quantitative estimate of drug-likeness (QED) is 0.589. The lowest BCUT2D eigenvalue weighted by atomic mass is 10.1. The first-order valence-electron chi connectivity index (χ1n) is 5.16. The van der Waals surface area contributed by atoms with Crippen LogP contribution in [-0.4, -0.2) is 6.61 Å². The Morgan fingerprint density at radius 1 is 1.40 bits per heavy atom. The van der Waals surface area contributed by atoms with Crippen molar-refractivity contribution in [3.63, 3.8) is 0 Å². The van der Waals surface area contributed by atoms with E-state index in [-0.39, 0.29) is 6.04 Å². The highest BCUT2D eigenvalue weighted by Crippen LogP contribution is 2.16. The molecule has 0 aliphatic rings. The fraction of sp³-hybridized carbons (Fsp3) is 0.385. The van der Waals surface area contributed by atoms with E-state index >= 15 is 0 Å². The number of hydrogen-bond donors (Lipinski definition) is 1. The standard InChI is InChI=1S/C13H17NO/c1-3-4-5-10-15-13-8-6-12(7-9-13)11(2)14/h1,6-9,11H,4-5,10,14H2,2H3. The third kappa shape index (κ3) is 4.05. The van der Waals surface area contributed by atoms with Gasteiger partial charge in [0.05, 0.1) is 6.61 Å². The zero-order chi connectivity index (χ0) is 11.1. The van der Waals surface area contributed by atoms with Gasteiger partial charge in [0.15, 0.2) is 0 Å². The maximum absolute atomic E-state index is 5.74. The summed E-state index contributed by atoms with van der Waals surface area (Å²) in [6, 6.07) is 7.92. The van der Waals surface area contributed by atoms with Gasteiger partial charge in [-0.3, -0.25) is 0 Å². The number of terminal acetylenes is 1. The van der Waals surface area contributed by atoms with Crippen molar-refractivity contribution in [1.29, 1.82) is 0 Å². The molecule has 2 nitrogen and oxygen atoms in total. The topological polar surface area (TPSA) is 35.2 Å². The Balaban J connectivity index is 2.40. The van der Waals surface area contributed by atoms with E-state index in [1.807, 2.05) is 31.2 Å². The minimum absolute atomic E-state index is 0.0699. The van der Waals surface area contributed by atoms with E-state index in [0.29, 0.717) is 6.61 Å². The Hall–Kier alpha value is -1.46. The molecule has 0 radical (unpaired) electrons. The molecular formula is C13H17NO. The fourth-order valence-electron chi connectivity index (χ4n) is 1.23. The summed E-state index contributed by atoms with van der Waals surface area (Å²) >= 11 is 0. The van der Waals surface area contributed by atoms with E-state index in [2.05, 4.69) is 5.92 Å². The molecule has 0 fully saturated rings. The van der Waals surface area contributed by atoms with Crippen LogP contribution in [0.5, 0.6) is 5.75 Å². The number of unbranched alkanes of at least 4 members (excludes halogenated alkanes) is 1. The summed E-state index contributed by atoms with van der Waals surface area (Å²) in [4.78, 5) is 0. The molecule has 0 spiro atoms.